The molecule has 0 spiro atoms. The Morgan fingerprint density at radius 3 is 2.77 bits per heavy atom. The third-order valence-corrected chi connectivity index (χ3v) is 6.06. The van der Waals surface area contributed by atoms with Gasteiger partial charge < -0.3 is 14.6 Å². The van der Waals surface area contributed by atoms with Crippen LogP contribution in [0.25, 0.3) is 22.2 Å². The number of benzene rings is 1. The lowest BCUT2D eigenvalue weighted by atomic mass is 10.2. The fourth-order valence-corrected chi connectivity index (χ4v) is 3.66. The first-order chi connectivity index (χ1) is 14.6. The summed E-state index contributed by atoms with van der Waals surface area (Å²) in [7, 11) is -0.598. The Morgan fingerprint density at radius 2 is 1.97 bits per heavy atom. The molecule has 30 heavy (non-hydrogen) atoms. The number of aromatic nitrogens is 4. The Hall–Kier alpha value is -3.23. The van der Waals surface area contributed by atoms with Gasteiger partial charge >= 0.3 is 0 Å². The molecule has 0 aliphatic carbocycles. The molecule has 0 radical (unpaired) electrons. The van der Waals surface area contributed by atoms with E-state index < -0.39 is 8.80 Å². The Labute approximate surface area is 176 Å². The van der Waals surface area contributed by atoms with Crippen molar-refractivity contribution in [3.05, 3.63) is 60.9 Å². The SMILES string of the molecule is C[SiH](C)CCOCn1nccc1-c1ccc(Oc2ccc3nc(O)ccc3c2)nc1. The lowest BCUT2D eigenvalue weighted by molar-refractivity contribution is 0.0801. The summed E-state index contributed by atoms with van der Waals surface area (Å²) in [5, 5.41) is 14.7. The van der Waals surface area contributed by atoms with Gasteiger partial charge in [-0.3, -0.25) is 0 Å². The quantitative estimate of drug-likeness (QED) is 0.335. The molecule has 0 aliphatic heterocycles. The molecule has 4 aromatic rings. The molecule has 0 bridgehead atoms. The highest BCUT2D eigenvalue weighted by atomic mass is 28.3. The summed E-state index contributed by atoms with van der Waals surface area (Å²) in [6.07, 6.45) is 3.53. The zero-order chi connectivity index (χ0) is 20.9. The summed E-state index contributed by atoms with van der Waals surface area (Å²) in [5.74, 6) is 1.15. The topological polar surface area (TPSA) is 82.3 Å². The number of pyridine rings is 2. The molecule has 4 rings (SSSR count). The first kappa shape index (κ1) is 20.1. The van der Waals surface area contributed by atoms with Crippen molar-refractivity contribution in [1.82, 2.24) is 19.7 Å². The van der Waals surface area contributed by atoms with E-state index in [2.05, 4.69) is 28.2 Å². The molecule has 8 heteroatoms. The zero-order valence-corrected chi connectivity index (χ0v) is 18.2. The van der Waals surface area contributed by atoms with E-state index in [-0.39, 0.29) is 5.88 Å². The maximum absolute atomic E-state index is 9.48. The number of fused-ring (bicyclic) bond motifs is 1. The number of nitrogens with zero attached hydrogens (tertiary/aromatic N) is 4. The summed E-state index contributed by atoms with van der Waals surface area (Å²) in [4.78, 5) is 8.51. The van der Waals surface area contributed by atoms with E-state index in [9.17, 15) is 5.11 Å². The van der Waals surface area contributed by atoms with Gasteiger partial charge in [0.2, 0.25) is 11.8 Å². The van der Waals surface area contributed by atoms with Crippen LogP contribution in [0.1, 0.15) is 0 Å². The second-order valence-electron chi connectivity index (χ2n) is 7.45. The number of hydrogen-bond donors (Lipinski definition) is 1. The highest BCUT2D eigenvalue weighted by Crippen LogP contribution is 2.26. The summed E-state index contributed by atoms with van der Waals surface area (Å²) in [6, 6.07) is 15.7. The first-order valence-electron chi connectivity index (χ1n) is 9.92. The molecule has 1 aromatic carbocycles. The van der Waals surface area contributed by atoms with Crippen molar-refractivity contribution >= 4 is 19.7 Å². The van der Waals surface area contributed by atoms with Crippen molar-refractivity contribution in [3.8, 4) is 28.8 Å². The predicted octanol–water partition coefficient (Wildman–Crippen LogP) is 4.45. The first-order valence-corrected chi connectivity index (χ1v) is 13.0. The van der Waals surface area contributed by atoms with Crippen molar-refractivity contribution in [2.45, 2.75) is 25.9 Å². The molecular formula is C22H24N4O3Si. The van der Waals surface area contributed by atoms with Crippen LogP contribution in [-0.2, 0) is 11.5 Å². The van der Waals surface area contributed by atoms with Crippen LogP contribution in [0.4, 0.5) is 0 Å². The molecule has 0 amide bonds. The van der Waals surface area contributed by atoms with E-state index in [1.54, 1.807) is 36.7 Å². The average molecular weight is 421 g/mol. The Morgan fingerprint density at radius 1 is 1.07 bits per heavy atom. The van der Waals surface area contributed by atoms with Crippen LogP contribution in [0.15, 0.2) is 60.9 Å². The minimum absolute atomic E-state index is 0.000150. The fourth-order valence-electron chi connectivity index (χ4n) is 3.02. The smallest absolute Gasteiger partial charge is 0.219 e. The van der Waals surface area contributed by atoms with E-state index in [1.165, 1.54) is 0 Å². The molecule has 0 saturated carbocycles. The van der Waals surface area contributed by atoms with Gasteiger partial charge in [0.25, 0.3) is 0 Å². The van der Waals surface area contributed by atoms with E-state index >= 15 is 0 Å². The second kappa shape index (κ2) is 9.06. The van der Waals surface area contributed by atoms with Crippen molar-refractivity contribution in [1.29, 1.82) is 0 Å². The van der Waals surface area contributed by atoms with E-state index in [1.807, 2.05) is 28.9 Å². The Balaban J connectivity index is 1.43. The van der Waals surface area contributed by atoms with E-state index in [0.29, 0.717) is 23.9 Å². The van der Waals surface area contributed by atoms with Crippen LogP contribution in [-0.4, -0.2) is 40.3 Å². The molecule has 1 N–H and O–H groups in total. The lowest BCUT2D eigenvalue weighted by Gasteiger charge is -2.10. The fraction of sp³-hybridized carbons (Fsp3) is 0.227. The molecule has 0 fully saturated rings. The number of aromatic hydroxyl groups is 1. The normalized spacial score (nSPS) is 11.3. The molecule has 7 nitrogen and oxygen atoms in total. The van der Waals surface area contributed by atoms with Gasteiger partial charge in [-0.25, -0.2) is 14.6 Å². The van der Waals surface area contributed by atoms with Gasteiger partial charge in [0, 0.05) is 50.9 Å². The predicted molar refractivity (Wildman–Crippen MR) is 119 cm³/mol. The number of ether oxygens (including phenoxy) is 2. The highest BCUT2D eigenvalue weighted by molar-refractivity contribution is 6.55. The van der Waals surface area contributed by atoms with Crippen LogP contribution in [0.2, 0.25) is 19.1 Å². The Kier molecular flexibility index (Phi) is 6.06. The lowest BCUT2D eigenvalue weighted by Crippen LogP contribution is -2.10. The molecule has 3 aromatic heterocycles. The van der Waals surface area contributed by atoms with Crippen LogP contribution < -0.4 is 4.74 Å². The van der Waals surface area contributed by atoms with Gasteiger partial charge in [-0.2, -0.15) is 5.10 Å². The third-order valence-electron chi connectivity index (χ3n) is 4.67. The van der Waals surface area contributed by atoms with Crippen molar-refractivity contribution in [3.63, 3.8) is 0 Å². The molecule has 0 aliphatic rings. The molecule has 3 heterocycles. The summed E-state index contributed by atoms with van der Waals surface area (Å²) >= 11 is 0. The molecule has 154 valence electrons. The minimum atomic E-state index is -0.598. The average Bonchev–Trinajstić information content (AvgIpc) is 3.20. The monoisotopic (exact) mass is 420 g/mol. The minimum Gasteiger partial charge on any atom is -0.493 e. The van der Waals surface area contributed by atoms with Crippen molar-refractivity contribution in [2.24, 2.45) is 0 Å². The number of rotatable bonds is 8. The standard InChI is InChI=1S/C22H24N4O3Si/c1-30(2)12-11-28-15-26-20(9-10-24-26)17-4-8-22(23-14-17)29-18-5-6-19-16(13-18)3-7-21(27)25-19/h3-10,13-14,30H,11-12,15H2,1-2H3,(H,25,27). The maximum Gasteiger partial charge on any atom is 0.219 e. The van der Waals surface area contributed by atoms with Crippen LogP contribution >= 0.6 is 0 Å². The molecule has 0 saturated heterocycles. The maximum atomic E-state index is 9.48. The third kappa shape index (κ3) is 4.84. The van der Waals surface area contributed by atoms with E-state index in [0.717, 1.165) is 29.3 Å². The zero-order valence-electron chi connectivity index (χ0n) is 17.0. The number of hydrogen-bond acceptors (Lipinski definition) is 6. The Bertz CT molecular complexity index is 1130. The summed E-state index contributed by atoms with van der Waals surface area (Å²) in [5.41, 5.74) is 2.60. The van der Waals surface area contributed by atoms with Crippen LogP contribution in [0.5, 0.6) is 17.5 Å². The molecule has 0 unspecified atom stereocenters. The van der Waals surface area contributed by atoms with Crippen molar-refractivity contribution < 1.29 is 14.6 Å². The highest BCUT2D eigenvalue weighted by Gasteiger charge is 2.08. The van der Waals surface area contributed by atoms with Gasteiger partial charge in [0.15, 0.2) is 0 Å². The van der Waals surface area contributed by atoms with Crippen LogP contribution in [0.3, 0.4) is 0 Å². The summed E-state index contributed by atoms with van der Waals surface area (Å²) in [6.45, 7) is 5.84. The van der Waals surface area contributed by atoms with E-state index in [4.69, 9.17) is 9.47 Å². The molecular weight excluding hydrogens is 396 g/mol. The van der Waals surface area contributed by atoms with Gasteiger partial charge in [0.05, 0.1) is 11.2 Å². The van der Waals surface area contributed by atoms with Crippen LogP contribution in [0, 0.1) is 0 Å². The summed E-state index contributed by atoms with van der Waals surface area (Å²) < 4.78 is 13.5. The van der Waals surface area contributed by atoms with Gasteiger partial charge in [-0.1, -0.05) is 13.1 Å². The van der Waals surface area contributed by atoms with Gasteiger partial charge in [-0.15, -0.1) is 0 Å². The van der Waals surface area contributed by atoms with Gasteiger partial charge in [0.1, 0.15) is 12.5 Å². The molecule has 0 atom stereocenters. The second-order valence-corrected chi connectivity index (χ2v) is 10.8. The largest absolute Gasteiger partial charge is 0.493 e. The van der Waals surface area contributed by atoms with Gasteiger partial charge in [-0.05, 0) is 42.4 Å². The van der Waals surface area contributed by atoms with Crippen molar-refractivity contribution in [2.75, 3.05) is 6.61 Å².